The molecule has 1 fully saturated rings. The molecule has 7 heteroatoms. The molecule has 7 nitrogen and oxygen atoms in total. The van der Waals surface area contributed by atoms with Crippen molar-refractivity contribution in [3.8, 4) is 0 Å². The number of aliphatic hydroxyl groups is 1. The van der Waals surface area contributed by atoms with Crippen molar-refractivity contribution in [2.45, 2.75) is 19.1 Å². The van der Waals surface area contributed by atoms with Crippen LogP contribution in [0.3, 0.4) is 0 Å². The van der Waals surface area contributed by atoms with Gasteiger partial charge in [0, 0.05) is 12.2 Å². The Balaban J connectivity index is 1.97. The summed E-state index contributed by atoms with van der Waals surface area (Å²) in [5, 5.41) is 18.2. The number of nitrogens with one attached hydrogen (secondary N) is 3. The van der Waals surface area contributed by atoms with Gasteiger partial charge in [0.15, 0.2) is 0 Å². The van der Waals surface area contributed by atoms with Crippen LogP contribution in [0, 0.1) is 0 Å². The Labute approximate surface area is 122 Å². The van der Waals surface area contributed by atoms with Crippen LogP contribution >= 0.6 is 0 Å². The second-order valence-corrected chi connectivity index (χ2v) is 4.74. The van der Waals surface area contributed by atoms with E-state index in [4.69, 9.17) is 4.74 Å². The highest BCUT2D eigenvalue weighted by Crippen LogP contribution is 2.20. The number of urea groups is 1. The van der Waals surface area contributed by atoms with Crippen molar-refractivity contribution < 1.29 is 19.4 Å². The molecule has 0 radical (unpaired) electrons. The minimum atomic E-state index is -0.854. The first-order chi connectivity index (χ1) is 10.1. The Hall–Kier alpha value is -2.12. The van der Waals surface area contributed by atoms with Gasteiger partial charge in [-0.05, 0) is 24.6 Å². The molecule has 1 saturated heterocycles. The average molecular weight is 293 g/mol. The smallest absolute Gasteiger partial charge is 0.319 e. The molecule has 2 rings (SSSR count). The van der Waals surface area contributed by atoms with Gasteiger partial charge in [0.1, 0.15) is 12.7 Å². The van der Waals surface area contributed by atoms with E-state index in [9.17, 15) is 14.7 Å². The van der Waals surface area contributed by atoms with E-state index < -0.39 is 12.1 Å². The maximum Gasteiger partial charge on any atom is 0.319 e. The summed E-state index contributed by atoms with van der Waals surface area (Å²) in [4.78, 5) is 22.6. The van der Waals surface area contributed by atoms with Crippen LogP contribution in [0.1, 0.15) is 18.6 Å². The van der Waals surface area contributed by atoms with Gasteiger partial charge in [0.25, 0.3) is 0 Å². The van der Waals surface area contributed by atoms with Gasteiger partial charge in [0.05, 0.1) is 12.6 Å². The lowest BCUT2D eigenvalue weighted by Crippen LogP contribution is -2.48. The maximum atomic E-state index is 11.4. The average Bonchev–Trinajstić information content (AvgIpc) is 2.47. The van der Waals surface area contributed by atoms with Crippen molar-refractivity contribution in [3.05, 3.63) is 29.8 Å². The molecule has 1 aromatic carbocycles. The number of rotatable bonds is 4. The minimum Gasteiger partial charge on any atom is -0.386 e. The molecule has 0 unspecified atom stereocenters. The minimum absolute atomic E-state index is 0.0264. The predicted octanol–water partition coefficient (Wildman–Crippen LogP) is 0.376. The Morgan fingerprint density at radius 1 is 1.48 bits per heavy atom. The van der Waals surface area contributed by atoms with Crippen molar-refractivity contribution in [2.24, 2.45) is 0 Å². The molecule has 0 aliphatic carbocycles. The number of carbonyl (C=O) groups excluding carboxylic acids is 2. The molecule has 1 heterocycles. The lowest BCUT2D eigenvalue weighted by molar-refractivity contribution is -0.133. The summed E-state index contributed by atoms with van der Waals surface area (Å²) in [6, 6.07) is 6.05. The fourth-order valence-corrected chi connectivity index (χ4v) is 2.07. The second kappa shape index (κ2) is 7.05. The molecule has 114 valence electrons. The van der Waals surface area contributed by atoms with E-state index in [1.54, 1.807) is 24.3 Å². The number of hydrogen-bond acceptors (Lipinski definition) is 4. The summed E-state index contributed by atoms with van der Waals surface area (Å²) >= 11 is 0. The van der Waals surface area contributed by atoms with Crippen molar-refractivity contribution in [3.63, 3.8) is 0 Å². The molecule has 4 N–H and O–H groups in total. The monoisotopic (exact) mass is 293 g/mol. The van der Waals surface area contributed by atoms with Crippen molar-refractivity contribution >= 4 is 17.6 Å². The van der Waals surface area contributed by atoms with Crippen LogP contribution in [0.25, 0.3) is 0 Å². The van der Waals surface area contributed by atoms with Crippen LogP contribution in [0.4, 0.5) is 10.5 Å². The maximum absolute atomic E-state index is 11.4. The molecule has 0 aromatic heterocycles. The van der Waals surface area contributed by atoms with Gasteiger partial charge in [-0.2, -0.15) is 0 Å². The Kier molecular flexibility index (Phi) is 5.13. The van der Waals surface area contributed by atoms with Crippen LogP contribution in [0.15, 0.2) is 24.3 Å². The van der Waals surface area contributed by atoms with E-state index in [1.165, 1.54) is 0 Å². The normalized spacial score (nSPS) is 19.5. The number of carbonyl (C=O) groups is 2. The first kappa shape index (κ1) is 15.3. The molecule has 1 aromatic rings. The Bertz CT molecular complexity index is 503. The number of ether oxygens (including phenoxy) is 1. The van der Waals surface area contributed by atoms with E-state index in [0.29, 0.717) is 17.8 Å². The first-order valence-corrected chi connectivity index (χ1v) is 6.80. The van der Waals surface area contributed by atoms with E-state index in [2.05, 4.69) is 16.0 Å². The van der Waals surface area contributed by atoms with Gasteiger partial charge in [-0.15, -0.1) is 0 Å². The standard InChI is InChI=1S/C14H19N3O4/c1-2-15-14(20)16-10-5-3-9(4-6-10)13(19)11-7-21-8-12(18)17-11/h3-6,11,13,19H,2,7-8H2,1H3,(H,17,18)(H2,15,16,20)/t11-,13-/m1/s1. The topological polar surface area (TPSA) is 99.7 Å². The zero-order chi connectivity index (χ0) is 15.2. The summed E-state index contributed by atoms with van der Waals surface area (Å²) in [5.41, 5.74) is 1.27. The summed E-state index contributed by atoms with van der Waals surface area (Å²) in [7, 11) is 0. The summed E-state index contributed by atoms with van der Waals surface area (Å²) < 4.78 is 5.10. The van der Waals surface area contributed by atoms with E-state index in [0.717, 1.165) is 0 Å². The first-order valence-electron chi connectivity index (χ1n) is 6.80. The van der Waals surface area contributed by atoms with Crippen LogP contribution in [0.5, 0.6) is 0 Å². The lowest BCUT2D eigenvalue weighted by Gasteiger charge is -2.28. The zero-order valence-electron chi connectivity index (χ0n) is 11.8. The molecule has 0 bridgehead atoms. The predicted molar refractivity (Wildman–Crippen MR) is 76.8 cm³/mol. The molecule has 1 aliphatic heterocycles. The second-order valence-electron chi connectivity index (χ2n) is 4.74. The van der Waals surface area contributed by atoms with Crippen LogP contribution in [-0.2, 0) is 9.53 Å². The van der Waals surface area contributed by atoms with Gasteiger partial charge in [-0.1, -0.05) is 12.1 Å². The zero-order valence-corrected chi connectivity index (χ0v) is 11.8. The highest BCUT2D eigenvalue weighted by Gasteiger charge is 2.26. The molecular formula is C14H19N3O4. The molecule has 0 spiro atoms. The lowest BCUT2D eigenvalue weighted by atomic mass is 10.0. The molecule has 2 atom stereocenters. The third kappa shape index (κ3) is 4.17. The number of amides is 3. The van der Waals surface area contributed by atoms with Gasteiger partial charge in [-0.25, -0.2) is 4.79 Å². The summed E-state index contributed by atoms with van der Waals surface area (Å²) in [6.07, 6.45) is -0.854. The van der Waals surface area contributed by atoms with Gasteiger partial charge in [0.2, 0.25) is 5.91 Å². The Morgan fingerprint density at radius 3 is 2.81 bits per heavy atom. The summed E-state index contributed by atoms with van der Waals surface area (Å²) in [6.45, 7) is 2.67. The van der Waals surface area contributed by atoms with Crippen LogP contribution in [-0.4, -0.2) is 42.8 Å². The van der Waals surface area contributed by atoms with Crippen molar-refractivity contribution in [1.29, 1.82) is 0 Å². The number of benzene rings is 1. The van der Waals surface area contributed by atoms with Crippen LogP contribution in [0.2, 0.25) is 0 Å². The third-order valence-electron chi connectivity index (χ3n) is 3.11. The highest BCUT2D eigenvalue weighted by molar-refractivity contribution is 5.89. The largest absolute Gasteiger partial charge is 0.386 e. The van der Waals surface area contributed by atoms with E-state index in [-0.39, 0.29) is 25.2 Å². The number of aliphatic hydroxyl groups excluding tert-OH is 1. The summed E-state index contributed by atoms with van der Waals surface area (Å²) in [5.74, 6) is -0.236. The number of anilines is 1. The molecule has 1 aliphatic rings. The third-order valence-corrected chi connectivity index (χ3v) is 3.11. The van der Waals surface area contributed by atoms with Gasteiger partial charge in [-0.3, -0.25) is 4.79 Å². The van der Waals surface area contributed by atoms with Crippen LogP contribution < -0.4 is 16.0 Å². The quantitative estimate of drug-likeness (QED) is 0.644. The fourth-order valence-electron chi connectivity index (χ4n) is 2.07. The van der Waals surface area contributed by atoms with E-state index >= 15 is 0 Å². The highest BCUT2D eigenvalue weighted by atomic mass is 16.5. The molecular weight excluding hydrogens is 274 g/mol. The molecule has 21 heavy (non-hydrogen) atoms. The van der Waals surface area contributed by atoms with Gasteiger partial charge < -0.3 is 25.8 Å². The van der Waals surface area contributed by atoms with E-state index in [1.807, 2.05) is 6.92 Å². The number of morpholine rings is 1. The van der Waals surface area contributed by atoms with Gasteiger partial charge >= 0.3 is 6.03 Å². The van der Waals surface area contributed by atoms with Crippen molar-refractivity contribution in [1.82, 2.24) is 10.6 Å². The number of hydrogen-bond donors (Lipinski definition) is 4. The van der Waals surface area contributed by atoms with Crippen molar-refractivity contribution in [2.75, 3.05) is 25.1 Å². The molecule has 3 amide bonds. The Morgan fingerprint density at radius 2 is 2.19 bits per heavy atom. The fraction of sp³-hybridized carbons (Fsp3) is 0.429. The molecule has 0 saturated carbocycles. The SMILES string of the molecule is CCNC(=O)Nc1ccc([C@@H](O)[C@H]2COCC(=O)N2)cc1.